The molecule has 1 aromatic heterocycles. The van der Waals surface area contributed by atoms with E-state index in [0.717, 1.165) is 6.07 Å². The van der Waals surface area contributed by atoms with Crippen LogP contribution in [-0.2, 0) is 17.8 Å². The van der Waals surface area contributed by atoms with Crippen molar-refractivity contribution in [1.29, 1.82) is 0 Å². The summed E-state index contributed by atoms with van der Waals surface area (Å²) in [6, 6.07) is 5.00. The summed E-state index contributed by atoms with van der Waals surface area (Å²) in [4.78, 5) is 11.4. The predicted molar refractivity (Wildman–Crippen MR) is 71.7 cm³/mol. The molecule has 0 aliphatic rings. The van der Waals surface area contributed by atoms with Crippen molar-refractivity contribution in [3.63, 3.8) is 0 Å². The zero-order valence-electron chi connectivity index (χ0n) is 11.7. The van der Waals surface area contributed by atoms with Gasteiger partial charge >= 0.3 is 5.97 Å². The molecule has 2 aromatic rings. The molecule has 0 radical (unpaired) electrons. The number of furan rings is 1. The van der Waals surface area contributed by atoms with Crippen LogP contribution < -0.4 is 5.32 Å². The van der Waals surface area contributed by atoms with Gasteiger partial charge in [0.15, 0.2) is 0 Å². The number of ether oxygens (including phenoxy) is 1. The summed E-state index contributed by atoms with van der Waals surface area (Å²) < 4.78 is 36.2. The van der Waals surface area contributed by atoms with E-state index in [2.05, 4.69) is 10.1 Å². The van der Waals surface area contributed by atoms with E-state index in [1.807, 2.05) is 0 Å². The fourth-order valence-corrected chi connectivity index (χ4v) is 1.93. The molecule has 0 spiro atoms. The Hall–Kier alpha value is -2.21. The lowest BCUT2D eigenvalue weighted by Crippen LogP contribution is -2.13. The van der Waals surface area contributed by atoms with Gasteiger partial charge < -0.3 is 14.5 Å². The number of aryl methyl sites for hydroxylation is 1. The molecule has 1 N–H and O–H groups in total. The van der Waals surface area contributed by atoms with Crippen molar-refractivity contribution < 1.29 is 22.7 Å². The van der Waals surface area contributed by atoms with Crippen LogP contribution in [0.1, 0.15) is 27.4 Å². The topological polar surface area (TPSA) is 51.5 Å². The molecule has 0 saturated carbocycles. The van der Waals surface area contributed by atoms with Crippen molar-refractivity contribution in [1.82, 2.24) is 5.32 Å². The largest absolute Gasteiger partial charge is 0.465 e. The lowest BCUT2D eigenvalue weighted by molar-refractivity contribution is 0.0599. The first-order valence-electron chi connectivity index (χ1n) is 6.33. The predicted octanol–water partition coefficient (Wildman–Crippen LogP) is 2.94. The summed E-state index contributed by atoms with van der Waals surface area (Å²) in [7, 11) is 1.30. The Bertz CT molecular complexity index is 652. The van der Waals surface area contributed by atoms with E-state index in [1.54, 1.807) is 13.0 Å². The first-order chi connectivity index (χ1) is 10.0. The minimum Gasteiger partial charge on any atom is -0.465 e. The van der Waals surface area contributed by atoms with Crippen LogP contribution in [0.25, 0.3) is 0 Å². The Morgan fingerprint density at radius 1 is 1.29 bits per heavy atom. The number of carbonyl (C=O) groups excluding carboxylic acids is 1. The van der Waals surface area contributed by atoms with Gasteiger partial charge in [0.1, 0.15) is 28.7 Å². The van der Waals surface area contributed by atoms with E-state index in [0.29, 0.717) is 29.2 Å². The highest BCUT2D eigenvalue weighted by atomic mass is 19.1. The minimum absolute atomic E-state index is 0.222. The lowest BCUT2D eigenvalue weighted by atomic mass is 10.2. The fraction of sp³-hybridized carbons (Fsp3) is 0.267. The number of hydrogen-bond acceptors (Lipinski definition) is 4. The fourth-order valence-electron chi connectivity index (χ4n) is 1.93. The van der Waals surface area contributed by atoms with E-state index in [1.165, 1.54) is 19.2 Å². The number of nitrogens with one attached hydrogen (secondary N) is 1. The second-order valence-corrected chi connectivity index (χ2v) is 4.51. The van der Waals surface area contributed by atoms with E-state index >= 15 is 0 Å². The quantitative estimate of drug-likeness (QED) is 0.862. The number of carbonyl (C=O) groups is 1. The molecule has 1 aromatic carbocycles. The highest BCUT2D eigenvalue weighted by molar-refractivity contribution is 5.90. The second-order valence-electron chi connectivity index (χ2n) is 4.51. The van der Waals surface area contributed by atoms with Crippen LogP contribution in [0.3, 0.4) is 0 Å². The molecule has 112 valence electrons. The molecular weight excluding hydrogens is 280 g/mol. The van der Waals surface area contributed by atoms with Gasteiger partial charge in [0, 0.05) is 18.2 Å². The Morgan fingerprint density at radius 2 is 2.05 bits per heavy atom. The molecule has 0 amide bonds. The normalized spacial score (nSPS) is 10.7. The maximum absolute atomic E-state index is 13.4. The van der Waals surface area contributed by atoms with Gasteiger partial charge in [-0.3, -0.25) is 0 Å². The van der Waals surface area contributed by atoms with Crippen LogP contribution in [0.5, 0.6) is 0 Å². The molecule has 0 bridgehead atoms. The van der Waals surface area contributed by atoms with Gasteiger partial charge in [0.05, 0.1) is 13.7 Å². The Labute approximate surface area is 120 Å². The van der Waals surface area contributed by atoms with Crippen molar-refractivity contribution in [2.24, 2.45) is 0 Å². The average Bonchev–Trinajstić information content (AvgIpc) is 2.81. The smallest absolute Gasteiger partial charge is 0.341 e. The summed E-state index contributed by atoms with van der Waals surface area (Å²) in [5.41, 5.74) is 0.718. The summed E-state index contributed by atoms with van der Waals surface area (Å²) in [5, 5.41) is 2.97. The monoisotopic (exact) mass is 295 g/mol. The molecule has 0 fully saturated rings. The average molecular weight is 295 g/mol. The zero-order valence-corrected chi connectivity index (χ0v) is 11.7. The standard InChI is InChI=1S/C15H15F2NO3/c1-9-13(15(19)20-2)6-12(21-9)8-18-7-10-3-4-11(16)5-14(10)17/h3-6,18H,7-8H2,1-2H3. The summed E-state index contributed by atoms with van der Waals surface area (Å²) in [5.74, 6) is -0.678. The van der Waals surface area contributed by atoms with Crippen LogP contribution in [0.4, 0.5) is 8.78 Å². The van der Waals surface area contributed by atoms with Crippen LogP contribution in [0.2, 0.25) is 0 Å². The third kappa shape index (κ3) is 3.66. The Kier molecular flexibility index (Phi) is 4.70. The first kappa shape index (κ1) is 15.2. The van der Waals surface area contributed by atoms with Crippen molar-refractivity contribution in [2.45, 2.75) is 20.0 Å². The van der Waals surface area contributed by atoms with E-state index in [9.17, 15) is 13.6 Å². The molecule has 0 aliphatic carbocycles. The number of esters is 1. The number of methoxy groups -OCH3 is 1. The Morgan fingerprint density at radius 3 is 2.71 bits per heavy atom. The van der Waals surface area contributed by atoms with Gasteiger partial charge in [-0.25, -0.2) is 13.6 Å². The maximum Gasteiger partial charge on any atom is 0.341 e. The van der Waals surface area contributed by atoms with E-state index < -0.39 is 17.6 Å². The van der Waals surface area contributed by atoms with Gasteiger partial charge in [0.2, 0.25) is 0 Å². The van der Waals surface area contributed by atoms with Gasteiger partial charge in [-0.15, -0.1) is 0 Å². The summed E-state index contributed by atoms with van der Waals surface area (Å²) in [6.07, 6.45) is 0. The Balaban J connectivity index is 1.96. The van der Waals surface area contributed by atoms with Gasteiger partial charge in [-0.2, -0.15) is 0 Å². The maximum atomic E-state index is 13.4. The molecule has 0 unspecified atom stereocenters. The third-order valence-corrected chi connectivity index (χ3v) is 3.00. The van der Waals surface area contributed by atoms with Crippen molar-refractivity contribution >= 4 is 5.97 Å². The number of hydrogen-bond donors (Lipinski definition) is 1. The molecule has 0 saturated heterocycles. The van der Waals surface area contributed by atoms with Gasteiger partial charge in [0.25, 0.3) is 0 Å². The van der Waals surface area contributed by atoms with Crippen molar-refractivity contribution in [2.75, 3.05) is 7.11 Å². The highest BCUT2D eigenvalue weighted by Crippen LogP contribution is 2.16. The first-order valence-corrected chi connectivity index (χ1v) is 6.33. The number of halogens is 2. The molecule has 1 heterocycles. The molecule has 21 heavy (non-hydrogen) atoms. The van der Waals surface area contributed by atoms with Crippen LogP contribution in [0.15, 0.2) is 28.7 Å². The van der Waals surface area contributed by atoms with Crippen molar-refractivity contribution in [3.05, 3.63) is 58.5 Å². The molecule has 4 nitrogen and oxygen atoms in total. The van der Waals surface area contributed by atoms with E-state index in [4.69, 9.17) is 4.42 Å². The van der Waals surface area contributed by atoms with E-state index in [-0.39, 0.29) is 6.54 Å². The lowest BCUT2D eigenvalue weighted by Gasteiger charge is -2.04. The molecular formula is C15H15F2NO3. The zero-order chi connectivity index (χ0) is 15.4. The number of rotatable bonds is 5. The van der Waals surface area contributed by atoms with Crippen LogP contribution >= 0.6 is 0 Å². The molecule has 0 atom stereocenters. The van der Waals surface area contributed by atoms with Crippen LogP contribution in [0, 0.1) is 18.6 Å². The van der Waals surface area contributed by atoms with Gasteiger partial charge in [-0.1, -0.05) is 6.07 Å². The van der Waals surface area contributed by atoms with Crippen molar-refractivity contribution in [3.8, 4) is 0 Å². The SMILES string of the molecule is COC(=O)c1cc(CNCc2ccc(F)cc2F)oc1C. The number of benzene rings is 1. The summed E-state index contributed by atoms with van der Waals surface area (Å²) >= 11 is 0. The highest BCUT2D eigenvalue weighted by Gasteiger charge is 2.15. The third-order valence-electron chi connectivity index (χ3n) is 3.00. The molecule has 6 heteroatoms. The van der Waals surface area contributed by atoms with Crippen LogP contribution in [-0.4, -0.2) is 13.1 Å². The molecule has 0 aliphatic heterocycles. The minimum atomic E-state index is -0.611. The summed E-state index contributed by atoms with van der Waals surface area (Å²) in [6.45, 7) is 2.20. The van der Waals surface area contributed by atoms with Gasteiger partial charge in [-0.05, 0) is 19.1 Å². The second kappa shape index (κ2) is 6.49. The molecule has 2 rings (SSSR count).